The van der Waals surface area contributed by atoms with Gasteiger partial charge in [0.05, 0.1) is 5.69 Å². The molecular weight excluding hydrogens is 353 g/mol. The summed E-state index contributed by atoms with van der Waals surface area (Å²) >= 11 is 0. The van der Waals surface area contributed by atoms with E-state index < -0.39 is 33.2 Å². The molecule has 0 aliphatic heterocycles. The molecule has 0 amide bonds. The van der Waals surface area contributed by atoms with Crippen molar-refractivity contribution in [3.05, 3.63) is 71.7 Å². The predicted octanol–water partition coefficient (Wildman–Crippen LogP) is 4.21. The summed E-state index contributed by atoms with van der Waals surface area (Å²) in [4.78, 5) is 2.69. The molecule has 0 saturated carbocycles. The second-order valence-corrected chi connectivity index (χ2v) is 7.10. The van der Waals surface area contributed by atoms with Gasteiger partial charge in [-0.15, -0.1) is 0 Å². The minimum Gasteiger partial charge on any atom is -0.360 e. The molecule has 2 aromatic carbocycles. The number of aromatic amines is 1. The fraction of sp³-hybridized carbons (Fsp3) is 0.0588. The number of H-pyrrole nitrogens is 1. The van der Waals surface area contributed by atoms with E-state index in [1.807, 2.05) is 35.9 Å². The van der Waals surface area contributed by atoms with Crippen molar-refractivity contribution in [2.75, 3.05) is 4.72 Å². The molecule has 3 rings (SSSR count). The second kappa shape index (κ2) is 6.29. The molecule has 4 nitrogen and oxygen atoms in total. The SMILES string of the molecule is Cc1ccccc1-c1cc(S(=O)(=O)Nc2cc(F)c(F)cc2F)c[nH]1. The number of anilines is 1. The van der Waals surface area contributed by atoms with Crippen LogP contribution in [0.25, 0.3) is 11.3 Å². The van der Waals surface area contributed by atoms with Gasteiger partial charge in [-0.3, -0.25) is 4.72 Å². The molecule has 8 heteroatoms. The fourth-order valence-corrected chi connectivity index (χ4v) is 3.42. The van der Waals surface area contributed by atoms with Gasteiger partial charge in [-0.05, 0) is 18.6 Å². The number of hydrogen-bond acceptors (Lipinski definition) is 2. The lowest BCUT2D eigenvalue weighted by atomic mass is 10.1. The van der Waals surface area contributed by atoms with E-state index in [0.29, 0.717) is 11.8 Å². The molecule has 0 bridgehead atoms. The van der Waals surface area contributed by atoms with Gasteiger partial charge in [-0.1, -0.05) is 24.3 Å². The smallest absolute Gasteiger partial charge is 0.263 e. The number of halogens is 3. The van der Waals surface area contributed by atoms with Crippen LogP contribution in [0.5, 0.6) is 0 Å². The van der Waals surface area contributed by atoms with Crippen molar-refractivity contribution in [3.8, 4) is 11.3 Å². The van der Waals surface area contributed by atoms with E-state index in [0.717, 1.165) is 11.1 Å². The maximum Gasteiger partial charge on any atom is 0.263 e. The van der Waals surface area contributed by atoms with Crippen LogP contribution in [0.3, 0.4) is 0 Å². The molecule has 3 aromatic rings. The van der Waals surface area contributed by atoms with Gasteiger partial charge in [0.1, 0.15) is 10.7 Å². The van der Waals surface area contributed by atoms with Gasteiger partial charge < -0.3 is 4.98 Å². The van der Waals surface area contributed by atoms with Crippen molar-refractivity contribution in [2.45, 2.75) is 11.8 Å². The van der Waals surface area contributed by atoms with Crippen LogP contribution in [0.1, 0.15) is 5.56 Å². The molecule has 130 valence electrons. The van der Waals surface area contributed by atoms with Gasteiger partial charge in [0.2, 0.25) is 0 Å². The number of sulfonamides is 1. The van der Waals surface area contributed by atoms with Crippen molar-refractivity contribution in [2.24, 2.45) is 0 Å². The standard InChI is InChI=1S/C17H13F3N2O2S/c1-10-4-2-3-5-12(10)16-6-11(9-21-16)25(23,24)22-17-8-14(19)13(18)7-15(17)20/h2-9,21-22H,1H3. The number of aryl methyl sites for hydroxylation is 1. The summed E-state index contributed by atoms with van der Waals surface area (Å²) in [5.41, 5.74) is 1.64. The highest BCUT2D eigenvalue weighted by molar-refractivity contribution is 7.92. The Bertz CT molecular complexity index is 1050. The summed E-state index contributed by atoms with van der Waals surface area (Å²) in [5, 5.41) is 0. The normalized spacial score (nSPS) is 11.5. The van der Waals surface area contributed by atoms with Crippen molar-refractivity contribution in [1.29, 1.82) is 0 Å². The topological polar surface area (TPSA) is 62.0 Å². The zero-order valence-electron chi connectivity index (χ0n) is 13.0. The molecule has 25 heavy (non-hydrogen) atoms. The molecule has 1 aromatic heterocycles. The van der Waals surface area contributed by atoms with E-state index in [1.165, 1.54) is 12.3 Å². The number of rotatable bonds is 4. The van der Waals surface area contributed by atoms with Gasteiger partial charge in [0, 0.05) is 29.6 Å². The van der Waals surface area contributed by atoms with Gasteiger partial charge in [-0.2, -0.15) is 0 Å². The Morgan fingerprint density at radius 3 is 2.36 bits per heavy atom. The third-order valence-corrected chi connectivity index (χ3v) is 5.00. The third-order valence-electron chi connectivity index (χ3n) is 3.66. The summed E-state index contributed by atoms with van der Waals surface area (Å²) in [7, 11) is -4.18. The van der Waals surface area contributed by atoms with E-state index in [2.05, 4.69) is 4.98 Å². The molecule has 2 N–H and O–H groups in total. The molecule has 0 saturated heterocycles. The Balaban J connectivity index is 1.94. The average Bonchev–Trinajstić information content (AvgIpc) is 3.03. The highest BCUT2D eigenvalue weighted by Gasteiger charge is 2.20. The monoisotopic (exact) mass is 366 g/mol. The summed E-state index contributed by atoms with van der Waals surface area (Å²) in [5.74, 6) is -3.96. The zero-order valence-corrected chi connectivity index (χ0v) is 13.8. The van der Waals surface area contributed by atoms with Gasteiger partial charge >= 0.3 is 0 Å². The molecule has 0 fully saturated rings. The molecule has 0 unspecified atom stereocenters. The Labute approximate surface area is 142 Å². The summed E-state index contributed by atoms with van der Waals surface area (Å²) in [6.07, 6.45) is 1.24. The minimum absolute atomic E-state index is 0.158. The van der Waals surface area contributed by atoms with Crippen LogP contribution in [-0.2, 0) is 10.0 Å². The van der Waals surface area contributed by atoms with Gasteiger partial charge in [-0.25, -0.2) is 21.6 Å². The quantitative estimate of drug-likeness (QED) is 0.680. The van der Waals surface area contributed by atoms with Gasteiger partial charge in [0.15, 0.2) is 11.6 Å². The maximum atomic E-state index is 13.7. The number of benzene rings is 2. The first-order chi connectivity index (χ1) is 11.8. The lowest BCUT2D eigenvalue weighted by Gasteiger charge is -2.08. The number of hydrogen-bond donors (Lipinski definition) is 2. The zero-order chi connectivity index (χ0) is 18.2. The summed E-state index contributed by atoms with van der Waals surface area (Å²) in [6.45, 7) is 1.87. The van der Waals surface area contributed by atoms with Crippen LogP contribution in [-0.4, -0.2) is 13.4 Å². The van der Waals surface area contributed by atoms with E-state index in [-0.39, 0.29) is 11.0 Å². The Kier molecular flexibility index (Phi) is 4.30. The molecule has 0 radical (unpaired) electrons. The second-order valence-electron chi connectivity index (χ2n) is 5.42. The largest absolute Gasteiger partial charge is 0.360 e. The van der Waals surface area contributed by atoms with Crippen LogP contribution in [0, 0.1) is 24.4 Å². The van der Waals surface area contributed by atoms with E-state index in [4.69, 9.17) is 0 Å². The number of nitrogens with one attached hydrogen (secondary N) is 2. The molecule has 0 spiro atoms. The van der Waals surface area contributed by atoms with E-state index in [1.54, 1.807) is 0 Å². The first-order valence-electron chi connectivity index (χ1n) is 7.20. The number of aromatic nitrogens is 1. The van der Waals surface area contributed by atoms with E-state index in [9.17, 15) is 21.6 Å². The lowest BCUT2D eigenvalue weighted by molar-refractivity contribution is 0.496. The molecule has 0 atom stereocenters. The molecular formula is C17H13F3N2O2S. The first-order valence-corrected chi connectivity index (χ1v) is 8.68. The highest BCUT2D eigenvalue weighted by Crippen LogP contribution is 2.26. The fourth-order valence-electron chi connectivity index (χ4n) is 2.36. The molecule has 1 heterocycles. The first kappa shape index (κ1) is 17.1. The van der Waals surface area contributed by atoms with Crippen LogP contribution in [0.2, 0.25) is 0 Å². The predicted molar refractivity (Wildman–Crippen MR) is 88.1 cm³/mol. The molecule has 0 aliphatic rings. The third kappa shape index (κ3) is 3.39. The van der Waals surface area contributed by atoms with Crippen LogP contribution in [0.4, 0.5) is 18.9 Å². The Hall–Kier alpha value is -2.74. The summed E-state index contributed by atoms with van der Waals surface area (Å²) < 4.78 is 66.5. The van der Waals surface area contributed by atoms with E-state index >= 15 is 0 Å². The van der Waals surface area contributed by atoms with Gasteiger partial charge in [0.25, 0.3) is 10.0 Å². The van der Waals surface area contributed by atoms with Crippen LogP contribution < -0.4 is 4.72 Å². The van der Waals surface area contributed by atoms with Crippen molar-refractivity contribution >= 4 is 15.7 Å². The minimum atomic E-state index is -4.18. The average molecular weight is 366 g/mol. The lowest BCUT2D eigenvalue weighted by Crippen LogP contribution is -2.13. The Morgan fingerprint density at radius 2 is 1.64 bits per heavy atom. The van der Waals surface area contributed by atoms with Crippen LogP contribution in [0.15, 0.2) is 53.6 Å². The van der Waals surface area contributed by atoms with Crippen molar-refractivity contribution < 1.29 is 21.6 Å². The molecule has 0 aliphatic carbocycles. The van der Waals surface area contributed by atoms with Crippen molar-refractivity contribution in [3.63, 3.8) is 0 Å². The van der Waals surface area contributed by atoms with Crippen LogP contribution >= 0.6 is 0 Å². The Morgan fingerprint density at radius 1 is 0.960 bits per heavy atom. The highest BCUT2D eigenvalue weighted by atomic mass is 32.2. The summed E-state index contributed by atoms with van der Waals surface area (Å²) in [6, 6.07) is 9.47. The van der Waals surface area contributed by atoms with Crippen molar-refractivity contribution in [1.82, 2.24) is 4.98 Å². The maximum absolute atomic E-state index is 13.7.